The first-order valence-electron chi connectivity index (χ1n) is 6.04. The van der Waals surface area contributed by atoms with Crippen LogP contribution in [-0.4, -0.2) is 25.5 Å². The largest absolute Gasteiger partial charge is 0.355 e. The van der Waals surface area contributed by atoms with Gasteiger partial charge in [-0.25, -0.2) is 8.78 Å². The predicted molar refractivity (Wildman–Crippen MR) is 66.2 cm³/mol. The number of halogens is 2. The zero-order valence-electron chi connectivity index (χ0n) is 10.4. The lowest BCUT2D eigenvalue weighted by atomic mass is 10.1. The zero-order chi connectivity index (χ0) is 13.4. The van der Waals surface area contributed by atoms with Gasteiger partial charge in [0.2, 0.25) is 5.91 Å². The van der Waals surface area contributed by atoms with Gasteiger partial charge in [0.15, 0.2) is 11.6 Å². The fraction of sp³-hybridized carbons (Fsp3) is 0.462. The highest BCUT2D eigenvalue weighted by molar-refractivity contribution is 5.78. The quantitative estimate of drug-likeness (QED) is 0.728. The number of benzene rings is 1. The third kappa shape index (κ3) is 5.23. The Morgan fingerprint density at radius 2 is 1.94 bits per heavy atom. The van der Waals surface area contributed by atoms with E-state index in [2.05, 4.69) is 17.6 Å². The van der Waals surface area contributed by atoms with Crippen LogP contribution in [0.5, 0.6) is 0 Å². The van der Waals surface area contributed by atoms with Crippen LogP contribution in [0.4, 0.5) is 8.78 Å². The van der Waals surface area contributed by atoms with E-state index in [0.29, 0.717) is 18.7 Å². The number of amides is 1. The Labute approximate surface area is 106 Å². The summed E-state index contributed by atoms with van der Waals surface area (Å²) < 4.78 is 25.6. The van der Waals surface area contributed by atoms with Crippen LogP contribution in [0, 0.1) is 11.6 Å². The average Bonchev–Trinajstić information content (AvgIpc) is 2.34. The minimum Gasteiger partial charge on any atom is -0.355 e. The number of hydrogen-bond acceptors (Lipinski definition) is 2. The van der Waals surface area contributed by atoms with Crippen molar-refractivity contribution in [3.05, 3.63) is 35.4 Å². The van der Waals surface area contributed by atoms with Crippen molar-refractivity contribution in [2.45, 2.75) is 19.8 Å². The van der Waals surface area contributed by atoms with E-state index >= 15 is 0 Å². The van der Waals surface area contributed by atoms with Crippen molar-refractivity contribution in [2.24, 2.45) is 0 Å². The maximum absolute atomic E-state index is 12.9. The second-order valence-electron chi connectivity index (χ2n) is 4.03. The van der Waals surface area contributed by atoms with E-state index in [1.54, 1.807) is 0 Å². The Balaban J connectivity index is 2.29. The summed E-state index contributed by atoms with van der Waals surface area (Å²) in [6.45, 7) is 4.22. The van der Waals surface area contributed by atoms with Gasteiger partial charge in [-0.3, -0.25) is 4.79 Å². The van der Waals surface area contributed by atoms with E-state index < -0.39 is 11.6 Å². The predicted octanol–water partition coefficient (Wildman–Crippen LogP) is 1.62. The van der Waals surface area contributed by atoms with Crippen molar-refractivity contribution < 1.29 is 13.6 Å². The molecule has 0 bridgehead atoms. The summed E-state index contributed by atoms with van der Waals surface area (Å²) >= 11 is 0. The molecule has 3 nitrogen and oxygen atoms in total. The Bertz CT molecular complexity index is 397. The SMILES string of the molecule is CCCNCCNC(=O)Cc1ccc(F)c(F)c1. The molecule has 5 heteroatoms. The fourth-order valence-electron chi connectivity index (χ4n) is 1.49. The van der Waals surface area contributed by atoms with Gasteiger partial charge in [0, 0.05) is 13.1 Å². The van der Waals surface area contributed by atoms with Gasteiger partial charge in [-0.1, -0.05) is 13.0 Å². The molecule has 0 spiro atoms. The Morgan fingerprint density at radius 1 is 1.17 bits per heavy atom. The maximum atomic E-state index is 12.9. The van der Waals surface area contributed by atoms with Crippen molar-refractivity contribution in [1.29, 1.82) is 0 Å². The van der Waals surface area contributed by atoms with Gasteiger partial charge < -0.3 is 10.6 Å². The van der Waals surface area contributed by atoms with Gasteiger partial charge in [0.25, 0.3) is 0 Å². The molecule has 100 valence electrons. The molecule has 0 aromatic heterocycles. The third-order valence-electron chi connectivity index (χ3n) is 2.40. The highest BCUT2D eigenvalue weighted by Gasteiger charge is 2.06. The lowest BCUT2D eigenvalue weighted by Crippen LogP contribution is -2.33. The summed E-state index contributed by atoms with van der Waals surface area (Å²) in [4.78, 5) is 11.5. The molecule has 0 aliphatic heterocycles. The van der Waals surface area contributed by atoms with Crippen LogP contribution in [0.1, 0.15) is 18.9 Å². The van der Waals surface area contributed by atoms with E-state index in [4.69, 9.17) is 0 Å². The molecule has 0 heterocycles. The first-order chi connectivity index (χ1) is 8.63. The van der Waals surface area contributed by atoms with Crippen LogP contribution < -0.4 is 10.6 Å². The van der Waals surface area contributed by atoms with Crippen LogP contribution in [0.3, 0.4) is 0 Å². The van der Waals surface area contributed by atoms with Gasteiger partial charge in [0.1, 0.15) is 0 Å². The Kier molecular flexibility index (Phi) is 6.28. The summed E-state index contributed by atoms with van der Waals surface area (Å²) in [6.07, 6.45) is 1.10. The maximum Gasteiger partial charge on any atom is 0.224 e. The highest BCUT2D eigenvalue weighted by Crippen LogP contribution is 2.08. The number of nitrogens with one attached hydrogen (secondary N) is 2. The highest BCUT2D eigenvalue weighted by atomic mass is 19.2. The van der Waals surface area contributed by atoms with E-state index in [1.165, 1.54) is 6.07 Å². The third-order valence-corrected chi connectivity index (χ3v) is 2.40. The first-order valence-corrected chi connectivity index (χ1v) is 6.04. The number of carbonyl (C=O) groups excluding carboxylic acids is 1. The second kappa shape index (κ2) is 7.76. The van der Waals surface area contributed by atoms with Crippen molar-refractivity contribution in [2.75, 3.05) is 19.6 Å². The molecule has 0 fully saturated rings. The topological polar surface area (TPSA) is 41.1 Å². The van der Waals surface area contributed by atoms with E-state index in [1.807, 2.05) is 0 Å². The first kappa shape index (κ1) is 14.6. The van der Waals surface area contributed by atoms with Crippen LogP contribution >= 0.6 is 0 Å². The van der Waals surface area contributed by atoms with Crippen LogP contribution in [0.15, 0.2) is 18.2 Å². The van der Waals surface area contributed by atoms with Gasteiger partial charge >= 0.3 is 0 Å². The fourth-order valence-corrected chi connectivity index (χ4v) is 1.49. The van der Waals surface area contributed by atoms with Crippen LogP contribution in [0.25, 0.3) is 0 Å². The molecule has 0 saturated heterocycles. The summed E-state index contributed by atoms with van der Waals surface area (Å²) in [5.41, 5.74) is 0.466. The molecule has 1 rings (SSSR count). The molecular weight excluding hydrogens is 238 g/mol. The van der Waals surface area contributed by atoms with E-state index in [9.17, 15) is 13.6 Å². The van der Waals surface area contributed by atoms with Crippen molar-refractivity contribution >= 4 is 5.91 Å². The molecule has 0 aliphatic carbocycles. The van der Waals surface area contributed by atoms with Crippen molar-refractivity contribution in [3.63, 3.8) is 0 Å². The molecular formula is C13H18F2N2O. The molecule has 2 N–H and O–H groups in total. The smallest absolute Gasteiger partial charge is 0.224 e. The molecule has 18 heavy (non-hydrogen) atoms. The summed E-state index contributed by atoms with van der Waals surface area (Å²) in [5.74, 6) is -2.02. The lowest BCUT2D eigenvalue weighted by Gasteiger charge is -2.06. The molecule has 1 aromatic rings. The molecule has 0 aliphatic rings. The lowest BCUT2D eigenvalue weighted by molar-refractivity contribution is -0.120. The second-order valence-corrected chi connectivity index (χ2v) is 4.03. The molecule has 0 unspecified atom stereocenters. The molecule has 1 amide bonds. The standard InChI is InChI=1S/C13H18F2N2O/c1-2-5-16-6-7-17-13(18)9-10-3-4-11(14)12(15)8-10/h3-4,8,16H,2,5-7,9H2,1H3,(H,17,18). The van der Waals surface area contributed by atoms with Crippen molar-refractivity contribution in [3.8, 4) is 0 Å². The molecule has 0 radical (unpaired) electrons. The zero-order valence-corrected chi connectivity index (χ0v) is 10.4. The van der Waals surface area contributed by atoms with Crippen molar-refractivity contribution in [1.82, 2.24) is 10.6 Å². The minimum absolute atomic E-state index is 0.0605. The molecule has 0 saturated carbocycles. The Hall–Kier alpha value is -1.49. The van der Waals surface area contributed by atoms with Gasteiger partial charge in [-0.2, -0.15) is 0 Å². The van der Waals surface area contributed by atoms with Gasteiger partial charge in [-0.15, -0.1) is 0 Å². The number of hydrogen-bond donors (Lipinski definition) is 2. The number of carbonyl (C=O) groups is 1. The van der Waals surface area contributed by atoms with Gasteiger partial charge in [-0.05, 0) is 30.7 Å². The average molecular weight is 256 g/mol. The molecule has 0 atom stereocenters. The summed E-state index contributed by atoms with van der Waals surface area (Å²) in [5, 5.41) is 5.85. The van der Waals surface area contributed by atoms with E-state index in [0.717, 1.165) is 25.1 Å². The van der Waals surface area contributed by atoms with Crippen LogP contribution in [0.2, 0.25) is 0 Å². The van der Waals surface area contributed by atoms with Gasteiger partial charge in [0.05, 0.1) is 6.42 Å². The normalized spacial score (nSPS) is 10.4. The number of rotatable bonds is 7. The van der Waals surface area contributed by atoms with Crippen LogP contribution in [-0.2, 0) is 11.2 Å². The monoisotopic (exact) mass is 256 g/mol. The summed E-state index contributed by atoms with van der Waals surface area (Å²) in [7, 11) is 0. The Morgan fingerprint density at radius 3 is 2.61 bits per heavy atom. The summed E-state index contributed by atoms with van der Waals surface area (Å²) in [6, 6.07) is 3.48. The van der Waals surface area contributed by atoms with E-state index in [-0.39, 0.29) is 12.3 Å². The molecule has 1 aromatic carbocycles. The minimum atomic E-state index is -0.926.